The van der Waals surface area contributed by atoms with Gasteiger partial charge in [-0.3, -0.25) is 14.9 Å². The SMILES string of the molecule is Cc1oc2c(NC(=O)c3c(Cl)cccc3Cl)cccc2c1CC(=O)Nc1ncn[nH]1.Cl. The zero-order valence-electron chi connectivity index (χ0n) is 16.0. The van der Waals surface area contributed by atoms with Gasteiger partial charge >= 0.3 is 0 Å². The Morgan fingerprint density at radius 3 is 2.48 bits per heavy atom. The highest BCUT2D eigenvalue weighted by molar-refractivity contribution is 6.40. The first kappa shape index (κ1) is 22.6. The molecule has 0 saturated carbocycles. The Bertz CT molecular complexity index is 1230. The number of nitrogens with one attached hydrogen (secondary N) is 3. The van der Waals surface area contributed by atoms with Crippen LogP contribution in [-0.2, 0) is 11.2 Å². The molecule has 4 rings (SSSR count). The lowest BCUT2D eigenvalue weighted by atomic mass is 10.1. The number of anilines is 2. The van der Waals surface area contributed by atoms with E-state index in [1.807, 2.05) is 6.07 Å². The topological polar surface area (TPSA) is 113 Å². The molecule has 0 unspecified atom stereocenters. The van der Waals surface area contributed by atoms with Gasteiger partial charge in [-0.2, -0.15) is 10.1 Å². The second-order valence-corrected chi connectivity index (χ2v) is 7.24. The van der Waals surface area contributed by atoms with Crippen LogP contribution >= 0.6 is 35.6 Å². The number of nitrogens with zero attached hydrogens (tertiary/aromatic N) is 2. The van der Waals surface area contributed by atoms with E-state index >= 15 is 0 Å². The monoisotopic (exact) mass is 479 g/mol. The third kappa shape index (κ3) is 4.66. The number of carbonyl (C=O) groups is 2. The third-order valence-corrected chi connectivity index (χ3v) is 5.10. The van der Waals surface area contributed by atoms with Gasteiger partial charge in [-0.25, -0.2) is 5.10 Å². The van der Waals surface area contributed by atoms with E-state index in [2.05, 4.69) is 25.8 Å². The van der Waals surface area contributed by atoms with E-state index in [9.17, 15) is 9.59 Å². The summed E-state index contributed by atoms with van der Waals surface area (Å²) < 4.78 is 5.87. The van der Waals surface area contributed by atoms with Crippen molar-refractivity contribution < 1.29 is 14.0 Å². The maximum absolute atomic E-state index is 12.7. The summed E-state index contributed by atoms with van der Waals surface area (Å²) in [4.78, 5) is 29.0. The predicted octanol–water partition coefficient (Wildman–Crippen LogP) is 5.02. The van der Waals surface area contributed by atoms with Crippen molar-refractivity contribution in [1.29, 1.82) is 0 Å². The number of furan rings is 1. The molecule has 0 fully saturated rings. The number of carbonyl (C=O) groups excluding carboxylic acids is 2. The number of para-hydroxylation sites is 1. The second-order valence-electron chi connectivity index (χ2n) is 6.43. The maximum Gasteiger partial charge on any atom is 0.258 e. The number of amides is 2. The molecule has 0 radical (unpaired) electrons. The number of rotatable bonds is 5. The molecule has 0 aliphatic rings. The van der Waals surface area contributed by atoms with Crippen molar-refractivity contribution in [2.45, 2.75) is 13.3 Å². The molecule has 31 heavy (non-hydrogen) atoms. The molecule has 2 aromatic heterocycles. The van der Waals surface area contributed by atoms with E-state index in [1.54, 1.807) is 37.3 Å². The molecule has 4 aromatic rings. The number of aromatic nitrogens is 3. The van der Waals surface area contributed by atoms with Gasteiger partial charge in [-0.15, -0.1) is 12.4 Å². The second kappa shape index (κ2) is 9.38. The largest absolute Gasteiger partial charge is 0.459 e. The van der Waals surface area contributed by atoms with E-state index in [0.29, 0.717) is 28.0 Å². The summed E-state index contributed by atoms with van der Waals surface area (Å²) in [5, 5.41) is 12.9. The van der Waals surface area contributed by atoms with Crippen molar-refractivity contribution in [3.05, 3.63) is 69.7 Å². The van der Waals surface area contributed by atoms with Gasteiger partial charge in [0.15, 0.2) is 5.58 Å². The number of aryl methyl sites for hydroxylation is 1. The lowest BCUT2D eigenvalue weighted by molar-refractivity contribution is -0.115. The summed E-state index contributed by atoms with van der Waals surface area (Å²) in [6.07, 6.45) is 1.36. The first-order valence-corrected chi connectivity index (χ1v) is 9.61. The van der Waals surface area contributed by atoms with Crippen molar-refractivity contribution in [2.24, 2.45) is 0 Å². The van der Waals surface area contributed by atoms with Crippen LogP contribution < -0.4 is 10.6 Å². The number of benzene rings is 2. The smallest absolute Gasteiger partial charge is 0.258 e. The van der Waals surface area contributed by atoms with Crippen molar-refractivity contribution in [2.75, 3.05) is 10.6 Å². The number of hydrogen-bond donors (Lipinski definition) is 3. The van der Waals surface area contributed by atoms with Gasteiger partial charge in [0, 0.05) is 10.9 Å². The summed E-state index contributed by atoms with van der Waals surface area (Å²) in [6.45, 7) is 1.76. The van der Waals surface area contributed by atoms with Gasteiger partial charge in [-0.1, -0.05) is 41.4 Å². The maximum atomic E-state index is 12.7. The molecule has 2 amide bonds. The van der Waals surface area contributed by atoms with Crippen molar-refractivity contribution in [1.82, 2.24) is 15.2 Å². The van der Waals surface area contributed by atoms with Crippen LogP contribution in [-0.4, -0.2) is 27.0 Å². The molecule has 0 bridgehead atoms. The van der Waals surface area contributed by atoms with Crippen LogP contribution in [0.3, 0.4) is 0 Å². The normalized spacial score (nSPS) is 10.5. The standard InChI is InChI=1S/C20H15Cl2N5O3.ClH/c1-10-12(8-16(28)26-20-23-9-24-27-20)11-4-2-7-15(18(11)30-10)25-19(29)17-13(21)5-3-6-14(17)22;/h2-7,9H,8H2,1H3,(H,25,29)(H2,23,24,26,27,28);1H. The minimum Gasteiger partial charge on any atom is -0.459 e. The molecule has 8 nitrogen and oxygen atoms in total. The zero-order chi connectivity index (χ0) is 21.3. The molecule has 0 spiro atoms. The molecule has 0 aliphatic heterocycles. The number of aromatic amines is 1. The highest BCUT2D eigenvalue weighted by atomic mass is 35.5. The van der Waals surface area contributed by atoms with Gasteiger partial charge in [0.05, 0.1) is 27.7 Å². The van der Waals surface area contributed by atoms with E-state index in [-0.39, 0.29) is 46.3 Å². The summed E-state index contributed by atoms with van der Waals surface area (Å²) in [5.74, 6) is 0.0804. The summed E-state index contributed by atoms with van der Waals surface area (Å²) in [7, 11) is 0. The van der Waals surface area contributed by atoms with Crippen LogP contribution in [0.4, 0.5) is 11.6 Å². The van der Waals surface area contributed by atoms with Gasteiger partial charge in [0.2, 0.25) is 11.9 Å². The molecule has 160 valence electrons. The number of halogens is 3. The van der Waals surface area contributed by atoms with E-state index in [1.165, 1.54) is 6.33 Å². The van der Waals surface area contributed by atoms with Crippen LogP contribution in [0.25, 0.3) is 11.0 Å². The molecular weight excluding hydrogens is 465 g/mol. The Labute approximate surface area is 192 Å². The van der Waals surface area contributed by atoms with Crippen LogP contribution in [0, 0.1) is 6.92 Å². The molecule has 0 aliphatic carbocycles. The highest BCUT2D eigenvalue weighted by Crippen LogP contribution is 2.33. The first-order valence-electron chi connectivity index (χ1n) is 8.85. The molecule has 2 heterocycles. The van der Waals surface area contributed by atoms with Gasteiger partial charge in [0.25, 0.3) is 5.91 Å². The Morgan fingerprint density at radius 2 is 1.81 bits per heavy atom. The number of hydrogen-bond acceptors (Lipinski definition) is 5. The van der Waals surface area contributed by atoms with Crippen molar-refractivity contribution >= 4 is 70.0 Å². The molecule has 0 saturated heterocycles. The molecule has 2 aromatic carbocycles. The average molecular weight is 481 g/mol. The summed E-state index contributed by atoms with van der Waals surface area (Å²) in [5.41, 5.74) is 1.77. The van der Waals surface area contributed by atoms with Crippen LogP contribution in [0.5, 0.6) is 0 Å². The fraction of sp³-hybridized carbons (Fsp3) is 0.100. The molecular formula is C20H16Cl3N5O3. The first-order chi connectivity index (χ1) is 14.4. The predicted molar refractivity (Wildman–Crippen MR) is 121 cm³/mol. The lowest BCUT2D eigenvalue weighted by Gasteiger charge is -2.09. The van der Waals surface area contributed by atoms with Gasteiger partial charge < -0.3 is 9.73 Å². The van der Waals surface area contributed by atoms with E-state index < -0.39 is 5.91 Å². The Balaban J connectivity index is 0.00000272. The third-order valence-electron chi connectivity index (χ3n) is 4.47. The summed E-state index contributed by atoms with van der Waals surface area (Å²) in [6, 6.07) is 10.1. The zero-order valence-corrected chi connectivity index (χ0v) is 18.4. The number of fused-ring (bicyclic) bond motifs is 1. The quantitative estimate of drug-likeness (QED) is 0.371. The minimum absolute atomic E-state index is 0. The van der Waals surface area contributed by atoms with Crippen molar-refractivity contribution in [3.8, 4) is 0 Å². The fourth-order valence-corrected chi connectivity index (χ4v) is 3.68. The molecule has 0 atom stereocenters. The molecule has 11 heteroatoms. The Kier molecular flexibility index (Phi) is 6.84. The van der Waals surface area contributed by atoms with Crippen LogP contribution in [0.15, 0.2) is 47.1 Å². The summed E-state index contributed by atoms with van der Waals surface area (Å²) >= 11 is 12.3. The van der Waals surface area contributed by atoms with Crippen LogP contribution in [0.1, 0.15) is 21.7 Å². The number of H-pyrrole nitrogens is 1. The fourth-order valence-electron chi connectivity index (χ4n) is 3.11. The minimum atomic E-state index is -0.461. The molecule has 3 N–H and O–H groups in total. The van der Waals surface area contributed by atoms with Gasteiger partial charge in [-0.05, 0) is 25.1 Å². The lowest BCUT2D eigenvalue weighted by Crippen LogP contribution is -2.15. The van der Waals surface area contributed by atoms with Gasteiger partial charge in [0.1, 0.15) is 12.1 Å². The highest BCUT2D eigenvalue weighted by Gasteiger charge is 2.20. The van der Waals surface area contributed by atoms with Crippen molar-refractivity contribution in [3.63, 3.8) is 0 Å². The van der Waals surface area contributed by atoms with Crippen LogP contribution in [0.2, 0.25) is 10.0 Å². The Hall–Kier alpha value is -3.07. The Morgan fingerprint density at radius 1 is 1.10 bits per heavy atom. The average Bonchev–Trinajstić information content (AvgIpc) is 3.31. The van der Waals surface area contributed by atoms with E-state index in [0.717, 1.165) is 0 Å². The van der Waals surface area contributed by atoms with E-state index in [4.69, 9.17) is 27.6 Å².